The number of aromatic amines is 2. The quantitative estimate of drug-likeness (QED) is 0.234. The number of benzene rings is 1. The number of allylic oxidation sites excluding steroid dienone is 4. The Morgan fingerprint density at radius 1 is 1.10 bits per heavy atom. The van der Waals surface area contributed by atoms with Crippen LogP contribution < -0.4 is 5.32 Å². The van der Waals surface area contributed by atoms with Crippen LogP contribution in [0.1, 0.15) is 38.2 Å². The van der Waals surface area contributed by atoms with E-state index in [0.717, 1.165) is 74.9 Å². The molecule has 7 nitrogen and oxygen atoms in total. The van der Waals surface area contributed by atoms with E-state index in [-0.39, 0.29) is 11.8 Å². The van der Waals surface area contributed by atoms with E-state index in [1.54, 1.807) is 31.6 Å². The molecule has 0 bridgehead atoms. The lowest BCUT2D eigenvalue weighted by Crippen LogP contribution is -2.28. The third-order valence-corrected chi connectivity index (χ3v) is 7.79. The minimum absolute atomic E-state index is 0.0529. The van der Waals surface area contributed by atoms with Crippen molar-refractivity contribution in [2.75, 3.05) is 5.32 Å². The highest BCUT2D eigenvalue weighted by Gasteiger charge is 2.25. The van der Waals surface area contributed by atoms with E-state index in [9.17, 15) is 9.18 Å². The lowest BCUT2D eigenvalue weighted by Gasteiger charge is -2.24. The maximum absolute atomic E-state index is 14.3. The zero-order valence-electron chi connectivity index (χ0n) is 21.5. The molecule has 0 saturated heterocycles. The Bertz CT molecular complexity index is 1810. The van der Waals surface area contributed by atoms with Crippen molar-refractivity contribution in [1.82, 2.24) is 25.1 Å². The number of carbonyl (C=O) groups is 1. The number of amides is 1. The van der Waals surface area contributed by atoms with Gasteiger partial charge in [-0.3, -0.25) is 19.9 Å². The third kappa shape index (κ3) is 4.31. The fourth-order valence-electron chi connectivity index (χ4n) is 5.29. The molecule has 1 aromatic carbocycles. The molecule has 0 aliphatic heterocycles. The van der Waals surface area contributed by atoms with E-state index < -0.39 is 5.67 Å². The zero-order valence-corrected chi connectivity index (χ0v) is 21.5. The van der Waals surface area contributed by atoms with Crippen molar-refractivity contribution < 1.29 is 9.18 Å². The van der Waals surface area contributed by atoms with E-state index >= 15 is 0 Å². The molecule has 2 aliphatic carbocycles. The van der Waals surface area contributed by atoms with Crippen LogP contribution in [0.25, 0.3) is 50.0 Å². The minimum Gasteiger partial charge on any atom is -0.353 e. The monoisotopic (exact) mass is 518 g/mol. The molecule has 0 radical (unpaired) electrons. The third-order valence-electron chi connectivity index (χ3n) is 7.79. The van der Waals surface area contributed by atoms with Gasteiger partial charge in [0.25, 0.3) is 0 Å². The van der Waals surface area contributed by atoms with Crippen molar-refractivity contribution in [2.24, 2.45) is 5.92 Å². The van der Waals surface area contributed by atoms with Gasteiger partial charge in [-0.25, -0.2) is 4.39 Å². The number of carbonyl (C=O) groups excluding carboxylic acids is 1. The van der Waals surface area contributed by atoms with Crippen LogP contribution in [0, 0.1) is 5.92 Å². The standard InChI is InChI=1S/C31H27FN6O/c1-31(32)10-8-18(9-11-31)22-6-3-7-25-23(22)13-27(36-25)29-24-14-26(34-17-28(24)37-38-29)20-12-21(16-33-15-20)35-30(39)19-4-2-5-19/h3,6-10,12-17,19,36H,2,4-5,11H2,1H3,(H,35,39)(H,37,38). The summed E-state index contributed by atoms with van der Waals surface area (Å²) in [4.78, 5) is 24.9. The molecule has 2 aliphatic rings. The second kappa shape index (κ2) is 9.01. The van der Waals surface area contributed by atoms with Crippen LogP contribution in [-0.2, 0) is 4.79 Å². The average molecular weight is 519 g/mol. The topological polar surface area (TPSA) is 99.3 Å². The summed E-state index contributed by atoms with van der Waals surface area (Å²) in [6.07, 6.45) is 14.0. The van der Waals surface area contributed by atoms with Gasteiger partial charge in [-0.05, 0) is 61.2 Å². The van der Waals surface area contributed by atoms with E-state index in [0.29, 0.717) is 12.1 Å². The Balaban J connectivity index is 1.24. The summed E-state index contributed by atoms with van der Waals surface area (Å²) < 4.78 is 14.3. The number of rotatable bonds is 5. The number of halogens is 1. The summed E-state index contributed by atoms with van der Waals surface area (Å²) >= 11 is 0. The number of fused-ring (bicyclic) bond motifs is 2. The SMILES string of the molecule is CC1(F)C=CC(c2cccc3[nH]c(-c4n[nH]c5cnc(-c6cncc(NC(=O)C7CCC7)c6)cc45)cc23)=CC1. The van der Waals surface area contributed by atoms with Crippen LogP contribution in [0.4, 0.5) is 10.1 Å². The molecule has 8 heteroatoms. The van der Waals surface area contributed by atoms with Crippen molar-refractivity contribution in [3.05, 3.63) is 78.8 Å². The highest BCUT2D eigenvalue weighted by molar-refractivity contribution is 6.01. The summed E-state index contributed by atoms with van der Waals surface area (Å²) in [5.41, 5.74) is 6.42. The molecule has 1 amide bonds. The minimum atomic E-state index is -1.31. The first-order valence-corrected chi connectivity index (χ1v) is 13.2. The molecule has 4 aromatic heterocycles. The molecule has 1 saturated carbocycles. The van der Waals surface area contributed by atoms with E-state index in [2.05, 4.69) is 42.6 Å². The Labute approximate surface area is 224 Å². The average Bonchev–Trinajstić information content (AvgIpc) is 3.51. The van der Waals surface area contributed by atoms with Gasteiger partial charge in [0.2, 0.25) is 5.91 Å². The van der Waals surface area contributed by atoms with Crippen LogP contribution in [0.15, 0.2) is 73.2 Å². The first-order chi connectivity index (χ1) is 18.9. The summed E-state index contributed by atoms with van der Waals surface area (Å²) in [6, 6.07) is 12.1. The maximum atomic E-state index is 14.3. The van der Waals surface area contributed by atoms with Gasteiger partial charge in [-0.2, -0.15) is 5.10 Å². The van der Waals surface area contributed by atoms with Crippen molar-refractivity contribution in [1.29, 1.82) is 0 Å². The number of aromatic nitrogens is 5. The molecule has 1 unspecified atom stereocenters. The number of anilines is 1. The molecule has 4 heterocycles. The highest BCUT2D eigenvalue weighted by Crippen LogP contribution is 2.36. The number of hydrogen-bond donors (Lipinski definition) is 3. The Morgan fingerprint density at radius 2 is 2.00 bits per heavy atom. The van der Waals surface area contributed by atoms with Gasteiger partial charge in [-0.15, -0.1) is 0 Å². The molecule has 194 valence electrons. The number of hydrogen-bond acceptors (Lipinski definition) is 4. The number of alkyl halides is 1. The Morgan fingerprint density at radius 3 is 2.79 bits per heavy atom. The predicted molar refractivity (Wildman–Crippen MR) is 152 cm³/mol. The van der Waals surface area contributed by atoms with Crippen LogP contribution in [-0.4, -0.2) is 36.7 Å². The van der Waals surface area contributed by atoms with Crippen LogP contribution >= 0.6 is 0 Å². The summed E-state index contributed by atoms with van der Waals surface area (Å²) in [7, 11) is 0. The number of nitrogens with one attached hydrogen (secondary N) is 3. The molecule has 7 rings (SSSR count). The summed E-state index contributed by atoms with van der Waals surface area (Å²) in [6.45, 7) is 1.59. The lowest BCUT2D eigenvalue weighted by molar-refractivity contribution is -0.122. The van der Waals surface area contributed by atoms with Crippen molar-refractivity contribution >= 4 is 39.0 Å². The van der Waals surface area contributed by atoms with Gasteiger partial charge in [0.1, 0.15) is 11.4 Å². The molecule has 1 fully saturated rings. The van der Waals surface area contributed by atoms with Crippen molar-refractivity contribution in [3.8, 4) is 22.6 Å². The molecular weight excluding hydrogens is 491 g/mol. The number of pyridine rings is 2. The van der Waals surface area contributed by atoms with Crippen LogP contribution in [0.2, 0.25) is 0 Å². The van der Waals surface area contributed by atoms with Gasteiger partial charge in [-0.1, -0.05) is 30.7 Å². The van der Waals surface area contributed by atoms with Gasteiger partial charge < -0.3 is 10.3 Å². The number of H-pyrrole nitrogens is 2. The normalized spacial score (nSPS) is 19.3. The summed E-state index contributed by atoms with van der Waals surface area (Å²) in [5.74, 6) is 0.153. The van der Waals surface area contributed by atoms with Crippen LogP contribution in [0.3, 0.4) is 0 Å². The molecule has 0 spiro atoms. The smallest absolute Gasteiger partial charge is 0.227 e. The maximum Gasteiger partial charge on any atom is 0.227 e. The summed E-state index contributed by atoms with van der Waals surface area (Å²) in [5, 5.41) is 12.7. The van der Waals surface area contributed by atoms with E-state index in [1.807, 2.05) is 36.4 Å². The second-order valence-electron chi connectivity index (χ2n) is 10.7. The van der Waals surface area contributed by atoms with Gasteiger partial charge in [0.05, 0.1) is 35.0 Å². The van der Waals surface area contributed by atoms with Crippen molar-refractivity contribution in [2.45, 2.75) is 38.3 Å². The number of nitrogens with zero attached hydrogens (tertiary/aromatic N) is 3. The highest BCUT2D eigenvalue weighted by atomic mass is 19.1. The first kappa shape index (κ1) is 23.5. The van der Waals surface area contributed by atoms with Gasteiger partial charge in [0, 0.05) is 40.4 Å². The molecule has 1 atom stereocenters. The lowest BCUT2D eigenvalue weighted by atomic mass is 9.85. The molecule has 5 aromatic rings. The largest absolute Gasteiger partial charge is 0.353 e. The first-order valence-electron chi connectivity index (χ1n) is 13.2. The Hall–Kier alpha value is -4.59. The molecular formula is C31H27FN6O. The second-order valence-corrected chi connectivity index (χ2v) is 10.7. The Kier molecular flexibility index (Phi) is 5.43. The van der Waals surface area contributed by atoms with Crippen molar-refractivity contribution in [3.63, 3.8) is 0 Å². The van der Waals surface area contributed by atoms with Crippen LogP contribution in [0.5, 0.6) is 0 Å². The van der Waals surface area contributed by atoms with E-state index in [1.165, 1.54) is 0 Å². The zero-order chi connectivity index (χ0) is 26.6. The fraction of sp³-hybridized carbons (Fsp3) is 0.226. The van der Waals surface area contributed by atoms with Gasteiger partial charge >= 0.3 is 0 Å². The van der Waals surface area contributed by atoms with E-state index in [4.69, 9.17) is 0 Å². The predicted octanol–water partition coefficient (Wildman–Crippen LogP) is 6.98. The molecule has 39 heavy (non-hydrogen) atoms. The van der Waals surface area contributed by atoms with Gasteiger partial charge in [0.15, 0.2) is 0 Å². The fourth-order valence-corrected chi connectivity index (χ4v) is 5.29. The molecule has 3 N–H and O–H groups in total.